The first-order valence-corrected chi connectivity index (χ1v) is 11.9. The van der Waals surface area contributed by atoms with E-state index < -0.39 is 0 Å². The lowest BCUT2D eigenvalue weighted by molar-refractivity contribution is -0.123. The summed E-state index contributed by atoms with van der Waals surface area (Å²) in [5.41, 5.74) is 3.88. The van der Waals surface area contributed by atoms with Gasteiger partial charge in [0.05, 0.1) is 18.6 Å². The van der Waals surface area contributed by atoms with Crippen LogP contribution in [0.15, 0.2) is 76.1 Å². The largest absolute Gasteiger partial charge is 0.493 e. The number of thioether (sulfide) groups is 1. The summed E-state index contributed by atoms with van der Waals surface area (Å²) in [7, 11) is 1.57. The van der Waals surface area contributed by atoms with Crippen molar-refractivity contribution in [3.05, 3.63) is 98.4 Å². The SMILES string of the molecule is COc1cc(/C=C2\SC(=O)N(Cc3ccc(Br)cc3)C2=O)ccc1OCc1cccc(C)c1. The summed E-state index contributed by atoms with van der Waals surface area (Å²) in [5.74, 6) is 0.872. The zero-order chi connectivity index (χ0) is 23.4. The Bertz CT molecular complexity index is 1220. The summed E-state index contributed by atoms with van der Waals surface area (Å²) < 4.78 is 12.4. The molecule has 0 atom stereocenters. The van der Waals surface area contributed by atoms with Crippen molar-refractivity contribution >= 4 is 44.9 Å². The summed E-state index contributed by atoms with van der Waals surface area (Å²) >= 11 is 4.33. The van der Waals surface area contributed by atoms with Crippen LogP contribution < -0.4 is 9.47 Å². The Balaban J connectivity index is 1.48. The Labute approximate surface area is 205 Å². The molecule has 0 N–H and O–H groups in total. The number of rotatable bonds is 7. The highest BCUT2D eigenvalue weighted by Gasteiger charge is 2.35. The highest BCUT2D eigenvalue weighted by Crippen LogP contribution is 2.35. The first-order chi connectivity index (χ1) is 15.9. The third-order valence-corrected chi connectivity index (χ3v) is 6.53. The fourth-order valence-electron chi connectivity index (χ4n) is 3.42. The predicted octanol–water partition coefficient (Wildman–Crippen LogP) is 6.58. The minimum atomic E-state index is -0.299. The Kier molecular flexibility index (Phi) is 7.20. The van der Waals surface area contributed by atoms with Crippen LogP contribution in [0.4, 0.5) is 4.79 Å². The molecule has 1 heterocycles. The van der Waals surface area contributed by atoms with Gasteiger partial charge in [-0.25, -0.2) is 0 Å². The number of ether oxygens (including phenoxy) is 2. The number of methoxy groups -OCH3 is 1. The van der Waals surface area contributed by atoms with Crippen LogP contribution in [0.3, 0.4) is 0 Å². The molecule has 33 heavy (non-hydrogen) atoms. The maximum atomic E-state index is 12.9. The second kappa shape index (κ2) is 10.3. The Hall–Kier alpha value is -3.03. The molecule has 1 aliphatic rings. The van der Waals surface area contributed by atoms with Gasteiger partial charge in [-0.05, 0) is 65.7 Å². The number of carbonyl (C=O) groups is 2. The van der Waals surface area contributed by atoms with E-state index in [-0.39, 0.29) is 17.7 Å². The van der Waals surface area contributed by atoms with E-state index in [2.05, 4.69) is 22.0 Å². The third kappa shape index (κ3) is 5.67. The number of amides is 2. The van der Waals surface area contributed by atoms with Crippen LogP contribution in [0.1, 0.15) is 22.3 Å². The molecule has 3 aromatic carbocycles. The lowest BCUT2D eigenvalue weighted by Gasteiger charge is -2.13. The molecule has 3 aromatic rings. The Morgan fingerprint density at radius 1 is 0.970 bits per heavy atom. The number of carbonyl (C=O) groups excluding carboxylic acids is 2. The fourth-order valence-corrected chi connectivity index (χ4v) is 4.52. The highest BCUT2D eigenvalue weighted by molar-refractivity contribution is 9.10. The van der Waals surface area contributed by atoms with Crippen molar-refractivity contribution < 1.29 is 19.1 Å². The van der Waals surface area contributed by atoms with Crippen molar-refractivity contribution in [1.29, 1.82) is 0 Å². The van der Waals surface area contributed by atoms with E-state index in [0.29, 0.717) is 23.0 Å². The van der Waals surface area contributed by atoms with E-state index in [1.54, 1.807) is 19.3 Å². The lowest BCUT2D eigenvalue weighted by atomic mass is 10.1. The van der Waals surface area contributed by atoms with Crippen LogP contribution in [0.25, 0.3) is 6.08 Å². The molecule has 0 unspecified atom stereocenters. The average Bonchev–Trinajstić information content (AvgIpc) is 3.06. The fraction of sp³-hybridized carbons (Fsp3) is 0.154. The van der Waals surface area contributed by atoms with Crippen molar-refractivity contribution in [2.45, 2.75) is 20.1 Å². The van der Waals surface area contributed by atoms with E-state index in [1.807, 2.05) is 61.5 Å². The molecule has 5 nitrogen and oxygen atoms in total. The van der Waals surface area contributed by atoms with Crippen LogP contribution in [-0.2, 0) is 17.9 Å². The Morgan fingerprint density at radius 3 is 2.48 bits per heavy atom. The molecular formula is C26H22BrNO4S. The smallest absolute Gasteiger partial charge is 0.293 e. The standard InChI is InChI=1S/C26H22BrNO4S/c1-17-4-3-5-20(12-17)16-32-22-11-8-19(13-23(22)31-2)14-24-25(29)28(26(30)33-24)15-18-6-9-21(27)10-7-18/h3-14H,15-16H2,1-2H3/b24-14-. The van der Waals surface area contributed by atoms with Crippen LogP contribution >= 0.6 is 27.7 Å². The predicted molar refractivity (Wildman–Crippen MR) is 134 cm³/mol. The normalized spacial score (nSPS) is 14.8. The number of hydrogen-bond acceptors (Lipinski definition) is 5. The minimum absolute atomic E-state index is 0.240. The van der Waals surface area contributed by atoms with Crippen LogP contribution in [0.2, 0.25) is 0 Å². The summed E-state index contributed by atoms with van der Waals surface area (Å²) in [6.45, 7) is 2.70. The average molecular weight is 524 g/mol. The molecule has 0 bridgehead atoms. The van der Waals surface area contributed by atoms with Crippen LogP contribution in [0.5, 0.6) is 11.5 Å². The number of nitrogens with zero attached hydrogens (tertiary/aromatic N) is 1. The van der Waals surface area contributed by atoms with Gasteiger partial charge in [0.1, 0.15) is 6.61 Å². The zero-order valence-electron chi connectivity index (χ0n) is 18.2. The number of aryl methyl sites for hydroxylation is 1. The number of hydrogen-bond donors (Lipinski definition) is 0. The van der Waals surface area contributed by atoms with Crippen molar-refractivity contribution in [2.75, 3.05) is 7.11 Å². The summed E-state index contributed by atoms with van der Waals surface area (Å²) in [4.78, 5) is 26.9. The number of benzene rings is 3. The third-order valence-electron chi connectivity index (χ3n) is 5.09. The van der Waals surface area contributed by atoms with Crippen molar-refractivity contribution in [2.24, 2.45) is 0 Å². The number of imide groups is 1. The van der Waals surface area contributed by atoms with Gasteiger partial charge in [-0.15, -0.1) is 0 Å². The van der Waals surface area contributed by atoms with Gasteiger partial charge in [-0.3, -0.25) is 14.5 Å². The van der Waals surface area contributed by atoms with Crippen LogP contribution in [0, 0.1) is 6.92 Å². The van der Waals surface area contributed by atoms with Crippen molar-refractivity contribution in [3.63, 3.8) is 0 Å². The van der Waals surface area contributed by atoms with Gasteiger partial charge in [0.25, 0.3) is 11.1 Å². The molecule has 0 spiro atoms. The molecule has 7 heteroatoms. The van der Waals surface area contributed by atoms with Gasteiger partial charge in [-0.2, -0.15) is 0 Å². The van der Waals surface area contributed by atoms with E-state index in [0.717, 1.165) is 32.9 Å². The van der Waals surface area contributed by atoms with E-state index in [4.69, 9.17) is 9.47 Å². The number of halogens is 1. The summed E-state index contributed by atoms with van der Waals surface area (Å²) in [5, 5.41) is -0.278. The molecule has 0 saturated carbocycles. The first-order valence-electron chi connectivity index (χ1n) is 10.3. The van der Waals surface area contributed by atoms with Crippen molar-refractivity contribution in [1.82, 2.24) is 4.90 Å². The van der Waals surface area contributed by atoms with Gasteiger partial charge in [-0.1, -0.05) is 64.0 Å². The molecule has 0 radical (unpaired) electrons. The summed E-state index contributed by atoms with van der Waals surface area (Å²) in [6, 6.07) is 21.1. The van der Waals surface area contributed by atoms with Gasteiger partial charge >= 0.3 is 0 Å². The molecule has 0 aliphatic carbocycles. The molecular weight excluding hydrogens is 502 g/mol. The molecule has 0 aromatic heterocycles. The van der Waals surface area contributed by atoms with Gasteiger partial charge in [0.15, 0.2) is 11.5 Å². The topological polar surface area (TPSA) is 55.8 Å². The Morgan fingerprint density at radius 2 is 1.76 bits per heavy atom. The molecule has 2 amide bonds. The molecule has 1 saturated heterocycles. The van der Waals surface area contributed by atoms with Crippen LogP contribution in [-0.4, -0.2) is 23.2 Å². The zero-order valence-corrected chi connectivity index (χ0v) is 20.6. The quantitative estimate of drug-likeness (QED) is 0.327. The first kappa shape index (κ1) is 23.1. The molecule has 168 valence electrons. The monoisotopic (exact) mass is 523 g/mol. The molecule has 1 aliphatic heterocycles. The van der Waals surface area contributed by atoms with Gasteiger partial charge in [0.2, 0.25) is 0 Å². The maximum Gasteiger partial charge on any atom is 0.293 e. The second-order valence-corrected chi connectivity index (χ2v) is 9.49. The maximum absolute atomic E-state index is 12.9. The van der Waals surface area contributed by atoms with Gasteiger partial charge in [0, 0.05) is 4.47 Å². The van der Waals surface area contributed by atoms with E-state index in [9.17, 15) is 9.59 Å². The summed E-state index contributed by atoms with van der Waals surface area (Å²) in [6.07, 6.45) is 1.71. The lowest BCUT2D eigenvalue weighted by Crippen LogP contribution is -2.27. The van der Waals surface area contributed by atoms with E-state index in [1.165, 1.54) is 10.5 Å². The van der Waals surface area contributed by atoms with Crippen molar-refractivity contribution in [3.8, 4) is 11.5 Å². The minimum Gasteiger partial charge on any atom is -0.493 e. The molecule has 4 rings (SSSR count). The van der Waals surface area contributed by atoms with Gasteiger partial charge < -0.3 is 9.47 Å². The highest BCUT2D eigenvalue weighted by atomic mass is 79.9. The van der Waals surface area contributed by atoms with E-state index >= 15 is 0 Å². The second-order valence-electron chi connectivity index (χ2n) is 7.58. The molecule has 1 fully saturated rings.